The highest BCUT2D eigenvalue weighted by Gasteiger charge is 2.40. The number of ether oxygens (including phenoxy) is 1. The molecule has 1 heterocycles. The molecule has 1 fully saturated rings. The van der Waals surface area contributed by atoms with Gasteiger partial charge in [0, 0.05) is 19.2 Å². The third-order valence-electron chi connectivity index (χ3n) is 4.88. The van der Waals surface area contributed by atoms with Gasteiger partial charge in [-0.15, -0.1) is 24.8 Å². The predicted molar refractivity (Wildman–Crippen MR) is 107 cm³/mol. The summed E-state index contributed by atoms with van der Waals surface area (Å²) >= 11 is 0. The fraction of sp³-hybridized carbons (Fsp3) is 0.611. The van der Waals surface area contributed by atoms with Gasteiger partial charge in [0.1, 0.15) is 11.6 Å². The molecule has 0 aromatic heterocycles. The van der Waals surface area contributed by atoms with Crippen LogP contribution in [0.15, 0.2) is 18.2 Å². The Morgan fingerprint density at radius 1 is 1.26 bits per heavy atom. The maximum absolute atomic E-state index is 14.1. The number of amides is 1. The van der Waals surface area contributed by atoms with Crippen LogP contribution < -0.4 is 10.6 Å². The number of likely N-dealkylation sites (N-methyl/N-ethyl adjacent to an activating group) is 1. The summed E-state index contributed by atoms with van der Waals surface area (Å²) in [5.74, 6) is -1.35. The molecule has 0 saturated carbocycles. The van der Waals surface area contributed by atoms with Crippen LogP contribution in [0.2, 0.25) is 0 Å². The average molecular weight is 428 g/mol. The minimum absolute atomic E-state index is 0. The monoisotopic (exact) mass is 427 g/mol. The van der Waals surface area contributed by atoms with Crippen LogP contribution in [0.1, 0.15) is 24.4 Å². The average Bonchev–Trinajstić information content (AvgIpc) is 2.58. The lowest BCUT2D eigenvalue weighted by molar-refractivity contribution is -0.136. The summed E-state index contributed by atoms with van der Waals surface area (Å²) in [5, 5.41) is 6.12. The molecule has 1 aliphatic rings. The van der Waals surface area contributed by atoms with Crippen molar-refractivity contribution < 1.29 is 18.3 Å². The van der Waals surface area contributed by atoms with E-state index in [9.17, 15) is 13.6 Å². The first-order valence-electron chi connectivity index (χ1n) is 8.49. The van der Waals surface area contributed by atoms with Gasteiger partial charge in [-0.2, -0.15) is 0 Å². The van der Waals surface area contributed by atoms with Gasteiger partial charge in [-0.25, -0.2) is 8.78 Å². The maximum Gasteiger partial charge on any atom is 0.228 e. The van der Waals surface area contributed by atoms with E-state index < -0.39 is 23.1 Å². The van der Waals surface area contributed by atoms with Crippen molar-refractivity contribution in [1.29, 1.82) is 0 Å². The first-order valence-corrected chi connectivity index (χ1v) is 8.49. The number of halogens is 4. The zero-order chi connectivity index (χ0) is 18.4. The van der Waals surface area contributed by atoms with Crippen LogP contribution in [0.5, 0.6) is 0 Å². The Morgan fingerprint density at radius 3 is 2.30 bits per heavy atom. The van der Waals surface area contributed by atoms with Crippen LogP contribution in [-0.4, -0.2) is 58.3 Å². The van der Waals surface area contributed by atoms with E-state index in [1.807, 2.05) is 0 Å². The van der Waals surface area contributed by atoms with Crippen molar-refractivity contribution in [3.05, 3.63) is 35.4 Å². The molecule has 1 saturated heterocycles. The second-order valence-corrected chi connectivity index (χ2v) is 6.79. The Bertz CT molecular complexity index is 574. The number of carbonyl (C=O) groups excluding carboxylic acids is 1. The van der Waals surface area contributed by atoms with Crippen molar-refractivity contribution in [2.75, 3.05) is 47.4 Å². The number of benzene rings is 1. The summed E-state index contributed by atoms with van der Waals surface area (Å²) in [4.78, 5) is 14.5. The first-order chi connectivity index (χ1) is 11.9. The smallest absolute Gasteiger partial charge is 0.228 e. The van der Waals surface area contributed by atoms with E-state index in [1.165, 1.54) is 18.2 Å². The van der Waals surface area contributed by atoms with Gasteiger partial charge in [-0.3, -0.25) is 4.79 Å². The SMILES string of the molecule is COCC1(C(=O)NCC(c2c(F)cccc2F)N(C)C)CCNCC1.Cl.Cl. The lowest BCUT2D eigenvalue weighted by Crippen LogP contribution is -2.51. The van der Waals surface area contributed by atoms with Crippen molar-refractivity contribution in [3.63, 3.8) is 0 Å². The van der Waals surface area contributed by atoms with Gasteiger partial charge in [-0.1, -0.05) is 6.07 Å². The third-order valence-corrected chi connectivity index (χ3v) is 4.88. The van der Waals surface area contributed by atoms with Crippen molar-refractivity contribution >= 4 is 30.7 Å². The standard InChI is InChI=1S/C18H27F2N3O2.2ClH/c1-23(2)15(16-13(19)5-4-6-14(16)20)11-22-17(24)18(12-25-3)7-9-21-10-8-18;;/h4-6,15,21H,7-12H2,1-3H3,(H,22,24);2*1H. The highest BCUT2D eigenvalue weighted by Crippen LogP contribution is 2.30. The summed E-state index contributed by atoms with van der Waals surface area (Å²) < 4.78 is 33.5. The number of methoxy groups -OCH3 is 1. The van der Waals surface area contributed by atoms with Gasteiger partial charge in [-0.05, 0) is 52.2 Å². The lowest BCUT2D eigenvalue weighted by Gasteiger charge is -2.36. The normalized spacial score (nSPS) is 16.8. The fourth-order valence-electron chi connectivity index (χ4n) is 3.37. The summed E-state index contributed by atoms with van der Waals surface area (Å²) in [6.45, 7) is 1.95. The van der Waals surface area contributed by atoms with Crippen molar-refractivity contribution in [1.82, 2.24) is 15.5 Å². The van der Waals surface area contributed by atoms with E-state index in [2.05, 4.69) is 10.6 Å². The van der Waals surface area contributed by atoms with Crippen LogP contribution in [0.25, 0.3) is 0 Å². The van der Waals surface area contributed by atoms with Gasteiger partial charge >= 0.3 is 0 Å². The molecule has 1 atom stereocenters. The molecule has 27 heavy (non-hydrogen) atoms. The van der Waals surface area contributed by atoms with Gasteiger partial charge in [0.2, 0.25) is 5.91 Å². The van der Waals surface area contributed by atoms with E-state index in [1.54, 1.807) is 26.1 Å². The molecule has 2 N–H and O–H groups in total. The van der Waals surface area contributed by atoms with E-state index in [0.29, 0.717) is 19.4 Å². The van der Waals surface area contributed by atoms with Crippen molar-refractivity contribution in [2.45, 2.75) is 18.9 Å². The lowest BCUT2D eigenvalue weighted by atomic mass is 9.78. The molecule has 1 aromatic carbocycles. The molecule has 1 aliphatic heterocycles. The number of piperidine rings is 1. The number of rotatable bonds is 7. The molecule has 0 bridgehead atoms. The molecule has 1 aromatic rings. The molecule has 156 valence electrons. The molecule has 1 unspecified atom stereocenters. The minimum Gasteiger partial charge on any atom is -0.384 e. The highest BCUT2D eigenvalue weighted by atomic mass is 35.5. The van der Waals surface area contributed by atoms with Crippen LogP contribution in [0.4, 0.5) is 8.78 Å². The molecule has 0 radical (unpaired) electrons. The summed E-state index contributed by atoms with van der Waals surface area (Å²) in [7, 11) is 5.05. The quantitative estimate of drug-likeness (QED) is 0.701. The Kier molecular flexibility index (Phi) is 11.3. The number of nitrogens with zero attached hydrogens (tertiary/aromatic N) is 1. The summed E-state index contributed by atoms with van der Waals surface area (Å²) in [5.41, 5.74) is -0.621. The van der Waals surface area contributed by atoms with Crippen LogP contribution >= 0.6 is 24.8 Å². The molecule has 0 aliphatic carbocycles. The first kappa shape index (κ1) is 26.0. The zero-order valence-corrected chi connectivity index (χ0v) is 17.5. The summed E-state index contributed by atoms with van der Waals surface area (Å²) in [6, 6.07) is 3.21. The van der Waals surface area contributed by atoms with E-state index in [-0.39, 0.29) is 42.8 Å². The van der Waals surface area contributed by atoms with Crippen LogP contribution in [-0.2, 0) is 9.53 Å². The van der Waals surface area contributed by atoms with Gasteiger partial charge < -0.3 is 20.3 Å². The molecular weight excluding hydrogens is 399 g/mol. The van der Waals surface area contributed by atoms with Gasteiger partial charge in [0.05, 0.1) is 18.1 Å². The second kappa shape index (κ2) is 11.8. The number of hydrogen-bond donors (Lipinski definition) is 2. The molecule has 9 heteroatoms. The molecule has 0 spiro atoms. The topological polar surface area (TPSA) is 53.6 Å². The van der Waals surface area contributed by atoms with Crippen molar-refractivity contribution in [3.8, 4) is 0 Å². The van der Waals surface area contributed by atoms with Crippen LogP contribution in [0.3, 0.4) is 0 Å². The van der Waals surface area contributed by atoms with E-state index >= 15 is 0 Å². The second-order valence-electron chi connectivity index (χ2n) is 6.79. The highest BCUT2D eigenvalue weighted by molar-refractivity contribution is 5.85. The van der Waals surface area contributed by atoms with E-state index in [0.717, 1.165) is 13.1 Å². The Hall–Kier alpha value is -0.990. The van der Waals surface area contributed by atoms with Gasteiger partial charge in [0.25, 0.3) is 0 Å². The minimum atomic E-state index is -0.610. The molecular formula is C18H29Cl2F2N3O2. The number of hydrogen-bond acceptors (Lipinski definition) is 4. The largest absolute Gasteiger partial charge is 0.384 e. The molecule has 2 rings (SSSR count). The predicted octanol–water partition coefficient (Wildman–Crippen LogP) is 2.54. The van der Waals surface area contributed by atoms with Crippen molar-refractivity contribution in [2.24, 2.45) is 5.41 Å². The third kappa shape index (κ3) is 6.26. The fourth-order valence-corrected chi connectivity index (χ4v) is 3.37. The number of nitrogens with one attached hydrogen (secondary N) is 2. The Morgan fingerprint density at radius 2 is 1.81 bits per heavy atom. The Labute approximate surface area is 172 Å². The zero-order valence-electron chi connectivity index (χ0n) is 15.9. The van der Waals surface area contributed by atoms with E-state index in [4.69, 9.17) is 4.74 Å². The maximum atomic E-state index is 14.1. The van der Waals surface area contributed by atoms with Crippen LogP contribution in [0, 0.1) is 17.0 Å². The summed E-state index contributed by atoms with van der Waals surface area (Å²) in [6.07, 6.45) is 1.35. The van der Waals surface area contributed by atoms with Gasteiger partial charge in [0.15, 0.2) is 0 Å². The molecule has 1 amide bonds. The molecule has 5 nitrogen and oxygen atoms in total. The Balaban J connectivity index is 0.00000338. The number of carbonyl (C=O) groups is 1.